The van der Waals surface area contributed by atoms with Crippen molar-refractivity contribution in [1.29, 1.82) is 0 Å². The second-order valence-corrected chi connectivity index (χ2v) is 8.20. The summed E-state index contributed by atoms with van der Waals surface area (Å²) in [7, 11) is 0. The van der Waals surface area contributed by atoms with Gasteiger partial charge < -0.3 is 15.4 Å². The summed E-state index contributed by atoms with van der Waals surface area (Å²) in [6, 6.07) is 8.48. The number of guanidine groups is 1. The smallest absolute Gasteiger partial charge is 0.191 e. The van der Waals surface area contributed by atoms with E-state index < -0.39 is 0 Å². The lowest BCUT2D eigenvalue weighted by Crippen LogP contribution is -2.43. The highest BCUT2D eigenvalue weighted by Gasteiger charge is 2.15. The predicted octanol–water partition coefficient (Wildman–Crippen LogP) is 4.43. The molecule has 0 heterocycles. The van der Waals surface area contributed by atoms with Gasteiger partial charge in [-0.2, -0.15) is 11.8 Å². The van der Waals surface area contributed by atoms with Crippen molar-refractivity contribution in [2.45, 2.75) is 58.6 Å². The van der Waals surface area contributed by atoms with E-state index in [4.69, 9.17) is 4.74 Å². The fourth-order valence-electron chi connectivity index (χ4n) is 1.88. The van der Waals surface area contributed by atoms with Gasteiger partial charge in [0.2, 0.25) is 0 Å². The predicted molar refractivity (Wildman–Crippen MR) is 122 cm³/mol. The van der Waals surface area contributed by atoms with Crippen LogP contribution in [0.1, 0.15) is 45.7 Å². The van der Waals surface area contributed by atoms with Crippen LogP contribution in [0.2, 0.25) is 0 Å². The summed E-state index contributed by atoms with van der Waals surface area (Å²) in [5.74, 6) is 0.867. The molecule has 1 rings (SSSR count). The van der Waals surface area contributed by atoms with E-state index in [1.165, 1.54) is 11.1 Å². The van der Waals surface area contributed by atoms with Crippen LogP contribution in [0.5, 0.6) is 0 Å². The molecular formula is C19H34IN3OS. The number of ether oxygens (including phenoxy) is 1. The Morgan fingerprint density at radius 3 is 2.28 bits per heavy atom. The lowest BCUT2D eigenvalue weighted by atomic mass is 10.1. The second kappa shape index (κ2) is 12.8. The normalized spacial score (nSPS) is 12.0. The fourth-order valence-corrected chi connectivity index (χ4v) is 2.10. The van der Waals surface area contributed by atoms with Crippen LogP contribution in [-0.4, -0.2) is 36.2 Å². The van der Waals surface area contributed by atoms with Crippen LogP contribution in [0, 0.1) is 0 Å². The summed E-state index contributed by atoms with van der Waals surface area (Å²) in [5.41, 5.74) is 2.40. The second-order valence-electron chi connectivity index (χ2n) is 6.69. The van der Waals surface area contributed by atoms with Gasteiger partial charge in [-0.15, -0.1) is 24.0 Å². The average Bonchev–Trinajstić information content (AvgIpc) is 2.56. The first-order valence-electron chi connectivity index (χ1n) is 8.63. The SMILES string of the molecule is CCNC(=NCc1ccc(COC(C)C)cc1)NCC(C)(C)SC.I. The molecule has 0 spiro atoms. The number of hydrogen-bond donors (Lipinski definition) is 2. The minimum atomic E-state index is 0. The molecule has 6 heteroatoms. The Balaban J connectivity index is 0.00000576. The van der Waals surface area contributed by atoms with E-state index in [1.54, 1.807) is 0 Å². The summed E-state index contributed by atoms with van der Waals surface area (Å²) in [6.07, 6.45) is 2.39. The first-order chi connectivity index (χ1) is 11.4. The van der Waals surface area contributed by atoms with Gasteiger partial charge in [0.1, 0.15) is 0 Å². The molecule has 0 amide bonds. The van der Waals surface area contributed by atoms with Gasteiger partial charge in [0.25, 0.3) is 0 Å². The third-order valence-corrected chi connectivity index (χ3v) is 4.85. The maximum absolute atomic E-state index is 5.62. The molecule has 144 valence electrons. The van der Waals surface area contributed by atoms with E-state index in [-0.39, 0.29) is 34.8 Å². The molecule has 4 nitrogen and oxygen atoms in total. The summed E-state index contributed by atoms with van der Waals surface area (Å²) in [5, 5.41) is 6.73. The van der Waals surface area contributed by atoms with Crippen LogP contribution >= 0.6 is 35.7 Å². The Kier molecular flexibility index (Phi) is 12.6. The monoisotopic (exact) mass is 479 g/mol. The lowest BCUT2D eigenvalue weighted by Gasteiger charge is -2.23. The molecule has 1 aromatic carbocycles. The minimum absolute atomic E-state index is 0. The molecule has 0 aliphatic heterocycles. The molecule has 1 aromatic rings. The number of nitrogens with zero attached hydrogens (tertiary/aromatic N) is 1. The van der Waals surface area contributed by atoms with Crippen molar-refractivity contribution in [1.82, 2.24) is 10.6 Å². The number of halogens is 1. The number of thioether (sulfide) groups is 1. The van der Waals surface area contributed by atoms with E-state index in [2.05, 4.69) is 80.8 Å². The quantitative estimate of drug-likeness (QED) is 0.313. The largest absolute Gasteiger partial charge is 0.374 e. The molecule has 0 aliphatic carbocycles. The van der Waals surface area contributed by atoms with Crippen LogP contribution in [0.15, 0.2) is 29.3 Å². The fraction of sp³-hybridized carbons (Fsp3) is 0.632. The first-order valence-corrected chi connectivity index (χ1v) is 9.85. The van der Waals surface area contributed by atoms with E-state index in [9.17, 15) is 0 Å². The lowest BCUT2D eigenvalue weighted by molar-refractivity contribution is 0.0657. The Labute approximate surface area is 175 Å². The topological polar surface area (TPSA) is 45.7 Å². The van der Waals surface area contributed by atoms with Gasteiger partial charge in [-0.05, 0) is 52.0 Å². The molecule has 0 atom stereocenters. The van der Waals surface area contributed by atoms with Gasteiger partial charge in [0.15, 0.2) is 5.96 Å². The van der Waals surface area contributed by atoms with E-state index >= 15 is 0 Å². The average molecular weight is 479 g/mol. The molecule has 2 N–H and O–H groups in total. The molecule has 0 saturated heterocycles. The number of benzene rings is 1. The van der Waals surface area contributed by atoms with Crippen LogP contribution in [0.25, 0.3) is 0 Å². The van der Waals surface area contributed by atoms with Crippen molar-refractivity contribution < 1.29 is 4.74 Å². The van der Waals surface area contributed by atoms with Crippen LogP contribution in [0.3, 0.4) is 0 Å². The van der Waals surface area contributed by atoms with Gasteiger partial charge in [-0.25, -0.2) is 4.99 Å². The molecular weight excluding hydrogens is 445 g/mol. The zero-order valence-electron chi connectivity index (χ0n) is 16.4. The summed E-state index contributed by atoms with van der Waals surface area (Å²) in [4.78, 5) is 4.68. The summed E-state index contributed by atoms with van der Waals surface area (Å²) < 4.78 is 5.81. The van der Waals surface area contributed by atoms with Gasteiger partial charge in [-0.1, -0.05) is 24.3 Å². The third-order valence-electron chi connectivity index (χ3n) is 3.60. The maximum atomic E-state index is 5.62. The molecule has 0 bridgehead atoms. The van der Waals surface area contributed by atoms with Gasteiger partial charge in [0.05, 0.1) is 19.3 Å². The van der Waals surface area contributed by atoms with Crippen LogP contribution in [0.4, 0.5) is 0 Å². The zero-order valence-corrected chi connectivity index (χ0v) is 19.5. The minimum Gasteiger partial charge on any atom is -0.374 e. The zero-order chi connectivity index (χ0) is 18.0. The van der Waals surface area contributed by atoms with Crippen molar-refractivity contribution in [2.24, 2.45) is 4.99 Å². The Morgan fingerprint density at radius 2 is 1.76 bits per heavy atom. The van der Waals surface area contributed by atoms with Gasteiger partial charge in [0, 0.05) is 17.8 Å². The number of hydrogen-bond acceptors (Lipinski definition) is 3. The Morgan fingerprint density at radius 1 is 1.16 bits per heavy atom. The molecule has 0 unspecified atom stereocenters. The first kappa shape index (κ1) is 24.5. The summed E-state index contributed by atoms with van der Waals surface area (Å²) >= 11 is 1.85. The van der Waals surface area contributed by atoms with Gasteiger partial charge in [-0.3, -0.25) is 0 Å². The molecule has 0 aliphatic rings. The highest BCUT2D eigenvalue weighted by atomic mass is 127. The van der Waals surface area contributed by atoms with E-state index in [1.807, 2.05) is 11.8 Å². The highest BCUT2D eigenvalue weighted by molar-refractivity contribution is 14.0. The van der Waals surface area contributed by atoms with E-state index in [0.717, 1.165) is 19.0 Å². The Bertz CT molecular complexity index is 504. The Hall–Kier alpha value is -0.470. The van der Waals surface area contributed by atoms with Crippen LogP contribution < -0.4 is 10.6 Å². The number of aliphatic imine (C=N–C) groups is 1. The maximum Gasteiger partial charge on any atom is 0.191 e. The van der Waals surface area contributed by atoms with Crippen LogP contribution in [-0.2, 0) is 17.9 Å². The van der Waals surface area contributed by atoms with Crippen molar-refractivity contribution in [3.63, 3.8) is 0 Å². The molecule has 0 saturated carbocycles. The van der Waals surface area contributed by atoms with E-state index in [0.29, 0.717) is 13.2 Å². The standard InChI is InChI=1S/C19H33N3OS.HI/c1-7-20-18(22-14-19(4,5)24-6)21-12-16-8-10-17(11-9-16)13-23-15(2)3;/h8-11,15H,7,12-14H2,1-6H3,(H2,20,21,22);1H. The van der Waals surface area contributed by atoms with Gasteiger partial charge >= 0.3 is 0 Å². The third kappa shape index (κ3) is 11.0. The molecule has 0 fully saturated rings. The highest BCUT2D eigenvalue weighted by Crippen LogP contribution is 2.19. The molecule has 0 radical (unpaired) electrons. The number of nitrogens with one attached hydrogen (secondary N) is 2. The molecule has 25 heavy (non-hydrogen) atoms. The molecule has 0 aromatic heterocycles. The van der Waals surface area contributed by atoms with Crippen molar-refractivity contribution in [3.8, 4) is 0 Å². The van der Waals surface area contributed by atoms with Crippen molar-refractivity contribution >= 4 is 41.7 Å². The van der Waals surface area contributed by atoms with Crippen molar-refractivity contribution in [2.75, 3.05) is 19.3 Å². The van der Waals surface area contributed by atoms with Crippen molar-refractivity contribution in [3.05, 3.63) is 35.4 Å². The summed E-state index contributed by atoms with van der Waals surface area (Å²) in [6.45, 7) is 13.7. The number of rotatable bonds is 9.